The number of nitrogens with zero attached hydrogens (tertiary/aromatic N) is 1. The van der Waals surface area contributed by atoms with Crippen LogP contribution in [0.4, 0.5) is 10.1 Å². The Kier molecular flexibility index (Phi) is 3.60. The first-order valence-corrected chi connectivity index (χ1v) is 5.74. The second-order valence-corrected chi connectivity index (χ2v) is 4.40. The quantitative estimate of drug-likeness (QED) is 0.855. The monoisotopic (exact) mass is 234 g/mol. The van der Waals surface area contributed by atoms with E-state index in [9.17, 15) is 4.39 Å². The lowest BCUT2D eigenvalue weighted by Gasteiger charge is -2.30. The molecule has 3 nitrogen and oxygen atoms in total. The Morgan fingerprint density at radius 2 is 2.35 bits per heavy atom. The van der Waals surface area contributed by atoms with Crippen LogP contribution >= 0.6 is 0 Å². The summed E-state index contributed by atoms with van der Waals surface area (Å²) in [6, 6.07) is 6.73. The average molecular weight is 234 g/mol. The standard InChI is InChI=1S/C13H15FN2O/c1-9-8-17-5-4-13(9)16-11-3-2-10(7-15)12(14)6-11/h2-3,6,9,13,16H,4-5,8H2,1H3. The molecule has 2 atom stereocenters. The van der Waals surface area contributed by atoms with Crippen molar-refractivity contribution in [2.75, 3.05) is 18.5 Å². The van der Waals surface area contributed by atoms with Crippen LogP contribution in [-0.2, 0) is 4.74 Å². The topological polar surface area (TPSA) is 45.0 Å². The maximum absolute atomic E-state index is 13.4. The van der Waals surface area contributed by atoms with E-state index in [1.807, 2.05) is 6.07 Å². The Morgan fingerprint density at radius 1 is 1.53 bits per heavy atom. The van der Waals surface area contributed by atoms with Crippen LogP contribution in [0.15, 0.2) is 18.2 Å². The SMILES string of the molecule is CC1COCCC1Nc1ccc(C#N)c(F)c1. The maximum atomic E-state index is 13.4. The van der Waals surface area contributed by atoms with Gasteiger partial charge in [0.15, 0.2) is 0 Å². The Bertz CT molecular complexity index is 442. The fraction of sp³-hybridized carbons (Fsp3) is 0.462. The summed E-state index contributed by atoms with van der Waals surface area (Å²) >= 11 is 0. The number of benzene rings is 1. The van der Waals surface area contributed by atoms with Crippen molar-refractivity contribution in [2.45, 2.75) is 19.4 Å². The first-order chi connectivity index (χ1) is 8.20. The molecule has 0 aromatic heterocycles. The largest absolute Gasteiger partial charge is 0.382 e. The fourth-order valence-electron chi connectivity index (χ4n) is 2.00. The Hall–Kier alpha value is -1.60. The summed E-state index contributed by atoms with van der Waals surface area (Å²) in [5.74, 6) is -0.0698. The zero-order valence-corrected chi connectivity index (χ0v) is 9.74. The predicted molar refractivity (Wildman–Crippen MR) is 63.1 cm³/mol. The van der Waals surface area contributed by atoms with Gasteiger partial charge in [0.05, 0.1) is 12.2 Å². The molecule has 1 saturated heterocycles. The van der Waals surface area contributed by atoms with Crippen molar-refractivity contribution in [1.29, 1.82) is 5.26 Å². The van der Waals surface area contributed by atoms with Gasteiger partial charge >= 0.3 is 0 Å². The maximum Gasteiger partial charge on any atom is 0.143 e. The van der Waals surface area contributed by atoms with Crippen LogP contribution in [0.1, 0.15) is 18.9 Å². The summed E-state index contributed by atoms with van der Waals surface area (Å²) in [7, 11) is 0. The first-order valence-electron chi connectivity index (χ1n) is 5.74. The molecule has 1 aliphatic heterocycles. The van der Waals surface area contributed by atoms with Crippen molar-refractivity contribution in [2.24, 2.45) is 5.92 Å². The summed E-state index contributed by atoms with van der Waals surface area (Å²) in [5.41, 5.74) is 0.802. The summed E-state index contributed by atoms with van der Waals surface area (Å²) < 4.78 is 18.8. The molecule has 0 saturated carbocycles. The van der Waals surface area contributed by atoms with Crippen molar-refractivity contribution < 1.29 is 9.13 Å². The predicted octanol–water partition coefficient (Wildman–Crippen LogP) is 2.53. The number of ether oxygens (including phenoxy) is 1. The lowest BCUT2D eigenvalue weighted by Crippen LogP contribution is -2.35. The Labute approximate surface area is 100 Å². The van der Waals surface area contributed by atoms with Crippen LogP contribution in [-0.4, -0.2) is 19.3 Å². The number of rotatable bonds is 2. The van der Waals surface area contributed by atoms with Crippen LogP contribution in [0.2, 0.25) is 0 Å². The zero-order valence-electron chi connectivity index (χ0n) is 9.74. The van der Waals surface area contributed by atoms with Gasteiger partial charge in [0.2, 0.25) is 0 Å². The van der Waals surface area contributed by atoms with Gasteiger partial charge in [-0.15, -0.1) is 0 Å². The molecule has 0 spiro atoms. The molecule has 2 unspecified atom stereocenters. The van der Waals surface area contributed by atoms with Gasteiger partial charge < -0.3 is 10.1 Å². The van der Waals surface area contributed by atoms with E-state index in [-0.39, 0.29) is 5.56 Å². The molecule has 0 radical (unpaired) electrons. The summed E-state index contributed by atoms with van der Waals surface area (Å²) in [6.07, 6.45) is 0.919. The number of halogens is 1. The zero-order chi connectivity index (χ0) is 12.3. The highest BCUT2D eigenvalue weighted by Gasteiger charge is 2.21. The average Bonchev–Trinajstić information content (AvgIpc) is 2.32. The van der Waals surface area contributed by atoms with Crippen molar-refractivity contribution in [3.8, 4) is 6.07 Å². The van der Waals surface area contributed by atoms with Crippen LogP contribution in [0, 0.1) is 23.1 Å². The molecule has 90 valence electrons. The van der Waals surface area contributed by atoms with Crippen molar-refractivity contribution in [3.05, 3.63) is 29.6 Å². The second-order valence-electron chi connectivity index (χ2n) is 4.40. The molecule has 0 amide bonds. The van der Waals surface area contributed by atoms with Crippen LogP contribution < -0.4 is 5.32 Å². The number of anilines is 1. The molecule has 0 aliphatic carbocycles. The van der Waals surface area contributed by atoms with Crippen LogP contribution in [0.3, 0.4) is 0 Å². The van der Waals surface area contributed by atoms with Gasteiger partial charge in [0, 0.05) is 18.3 Å². The molecule has 1 aliphatic rings. The molecule has 17 heavy (non-hydrogen) atoms. The van der Waals surface area contributed by atoms with Crippen LogP contribution in [0.5, 0.6) is 0 Å². The lowest BCUT2D eigenvalue weighted by atomic mass is 9.97. The molecular weight excluding hydrogens is 219 g/mol. The third-order valence-corrected chi connectivity index (χ3v) is 3.08. The van der Waals surface area contributed by atoms with E-state index in [1.54, 1.807) is 6.07 Å². The Balaban J connectivity index is 2.08. The third kappa shape index (κ3) is 2.75. The molecule has 1 aromatic rings. The van der Waals surface area contributed by atoms with Crippen molar-refractivity contribution >= 4 is 5.69 Å². The Morgan fingerprint density at radius 3 is 3.00 bits per heavy atom. The highest BCUT2D eigenvalue weighted by molar-refractivity contribution is 5.48. The molecule has 4 heteroatoms. The molecular formula is C13H15FN2O. The van der Waals surface area contributed by atoms with E-state index in [4.69, 9.17) is 10.00 Å². The van der Waals surface area contributed by atoms with Gasteiger partial charge in [-0.3, -0.25) is 0 Å². The minimum absolute atomic E-state index is 0.0792. The van der Waals surface area contributed by atoms with Gasteiger partial charge in [-0.1, -0.05) is 6.92 Å². The number of nitrogens with one attached hydrogen (secondary N) is 1. The molecule has 1 heterocycles. The van der Waals surface area contributed by atoms with Gasteiger partial charge in [-0.05, 0) is 30.5 Å². The minimum atomic E-state index is -0.475. The number of hydrogen-bond donors (Lipinski definition) is 1. The van der Waals surface area contributed by atoms with E-state index >= 15 is 0 Å². The number of nitriles is 1. The fourth-order valence-corrected chi connectivity index (χ4v) is 2.00. The van der Waals surface area contributed by atoms with E-state index in [1.165, 1.54) is 12.1 Å². The van der Waals surface area contributed by atoms with Gasteiger partial charge in [0.1, 0.15) is 11.9 Å². The van der Waals surface area contributed by atoms with Gasteiger partial charge in [-0.25, -0.2) is 4.39 Å². The smallest absolute Gasteiger partial charge is 0.143 e. The van der Waals surface area contributed by atoms with Crippen molar-refractivity contribution in [3.63, 3.8) is 0 Å². The minimum Gasteiger partial charge on any atom is -0.382 e. The molecule has 1 N–H and O–H groups in total. The summed E-state index contributed by atoms with van der Waals surface area (Å²) in [5, 5.41) is 11.9. The van der Waals surface area contributed by atoms with E-state index in [0.29, 0.717) is 12.0 Å². The molecule has 1 aromatic carbocycles. The number of hydrogen-bond acceptors (Lipinski definition) is 3. The normalized spacial score (nSPS) is 24.1. The van der Waals surface area contributed by atoms with Gasteiger partial charge in [-0.2, -0.15) is 5.26 Å². The first kappa shape index (κ1) is 11.9. The van der Waals surface area contributed by atoms with Crippen LogP contribution in [0.25, 0.3) is 0 Å². The highest BCUT2D eigenvalue weighted by Crippen LogP contribution is 2.21. The summed E-state index contributed by atoms with van der Waals surface area (Å²) in [4.78, 5) is 0. The van der Waals surface area contributed by atoms with E-state index in [2.05, 4.69) is 12.2 Å². The highest BCUT2D eigenvalue weighted by atomic mass is 19.1. The third-order valence-electron chi connectivity index (χ3n) is 3.08. The van der Waals surface area contributed by atoms with E-state index < -0.39 is 5.82 Å². The molecule has 0 bridgehead atoms. The molecule has 1 fully saturated rings. The lowest BCUT2D eigenvalue weighted by molar-refractivity contribution is 0.0537. The van der Waals surface area contributed by atoms with Gasteiger partial charge in [0.25, 0.3) is 0 Å². The molecule has 2 rings (SSSR count). The van der Waals surface area contributed by atoms with Crippen molar-refractivity contribution in [1.82, 2.24) is 0 Å². The second kappa shape index (κ2) is 5.15. The summed E-state index contributed by atoms with van der Waals surface area (Å²) in [6.45, 7) is 3.58. The van der Waals surface area contributed by atoms with E-state index in [0.717, 1.165) is 25.3 Å².